The van der Waals surface area contributed by atoms with Gasteiger partial charge in [-0.15, -0.1) is 0 Å². The molecular formula is C7H8ClN3O4. The first-order valence-electron chi connectivity index (χ1n) is 3.91. The Bertz CT molecular complexity index is 415. The van der Waals surface area contributed by atoms with Gasteiger partial charge in [0.15, 0.2) is 11.6 Å². The van der Waals surface area contributed by atoms with E-state index >= 15 is 0 Å². The average Bonchev–Trinajstić information content (AvgIpc) is 2.46. The number of ether oxygens (including phenoxy) is 1. The van der Waals surface area contributed by atoms with E-state index in [4.69, 9.17) is 11.6 Å². The molecule has 0 amide bonds. The third kappa shape index (κ3) is 2.24. The Balaban J connectivity index is 3.05. The van der Waals surface area contributed by atoms with Crippen LogP contribution in [0, 0.1) is 17.0 Å². The summed E-state index contributed by atoms with van der Waals surface area (Å²) >= 11 is 5.66. The predicted molar refractivity (Wildman–Crippen MR) is 50.6 cm³/mol. The molecule has 0 fully saturated rings. The number of hydrogen-bond donors (Lipinski definition) is 0. The molecule has 1 aromatic heterocycles. The molecule has 0 unspecified atom stereocenters. The number of esters is 1. The van der Waals surface area contributed by atoms with Gasteiger partial charge in [0.05, 0.1) is 17.9 Å². The van der Waals surface area contributed by atoms with Crippen LogP contribution in [-0.2, 0) is 16.1 Å². The van der Waals surface area contributed by atoms with Gasteiger partial charge in [-0.25, -0.2) is 4.79 Å². The second-order valence-corrected chi connectivity index (χ2v) is 3.09. The standard InChI is InChI=1S/C7H8ClN3O4/c1-4-6(8)7(11(13)14)9-10(4)3-5(12)15-2/h3H2,1-2H3. The monoisotopic (exact) mass is 233 g/mol. The third-order valence-electron chi connectivity index (χ3n) is 1.80. The summed E-state index contributed by atoms with van der Waals surface area (Å²) < 4.78 is 5.54. The van der Waals surface area contributed by atoms with Crippen LogP contribution in [0.2, 0.25) is 5.02 Å². The van der Waals surface area contributed by atoms with Crippen LogP contribution >= 0.6 is 11.6 Å². The Morgan fingerprint density at radius 3 is 2.73 bits per heavy atom. The molecule has 0 saturated heterocycles. The van der Waals surface area contributed by atoms with E-state index in [1.54, 1.807) is 0 Å². The zero-order valence-electron chi connectivity index (χ0n) is 8.06. The van der Waals surface area contributed by atoms with E-state index in [1.807, 2.05) is 0 Å². The van der Waals surface area contributed by atoms with Crippen molar-refractivity contribution in [1.82, 2.24) is 9.78 Å². The molecule has 0 N–H and O–H groups in total. The summed E-state index contributed by atoms with van der Waals surface area (Å²) in [5.41, 5.74) is 0.355. The smallest absolute Gasteiger partial charge is 0.408 e. The fourth-order valence-electron chi connectivity index (χ4n) is 0.966. The zero-order valence-corrected chi connectivity index (χ0v) is 8.82. The topological polar surface area (TPSA) is 87.3 Å². The lowest BCUT2D eigenvalue weighted by Crippen LogP contribution is -2.13. The van der Waals surface area contributed by atoms with Gasteiger partial charge in [0, 0.05) is 0 Å². The number of nitro groups is 1. The maximum atomic E-state index is 10.9. The summed E-state index contributed by atoms with van der Waals surface area (Å²) in [6, 6.07) is 0. The van der Waals surface area contributed by atoms with Gasteiger partial charge in [-0.1, -0.05) is 11.6 Å². The van der Waals surface area contributed by atoms with E-state index in [-0.39, 0.29) is 11.6 Å². The van der Waals surface area contributed by atoms with Gasteiger partial charge in [-0.3, -0.25) is 0 Å². The number of carbonyl (C=O) groups excluding carboxylic acids is 1. The minimum atomic E-state index is -0.705. The first kappa shape index (κ1) is 11.4. The first-order chi connectivity index (χ1) is 6.97. The quantitative estimate of drug-likeness (QED) is 0.440. The van der Waals surface area contributed by atoms with Crippen molar-refractivity contribution in [3.05, 3.63) is 20.8 Å². The van der Waals surface area contributed by atoms with Gasteiger partial charge in [0.1, 0.15) is 0 Å². The van der Waals surface area contributed by atoms with Crippen molar-refractivity contribution in [2.75, 3.05) is 7.11 Å². The van der Waals surface area contributed by atoms with Crippen molar-refractivity contribution in [2.24, 2.45) is 0 Å². The number of hydrogen-bond acceptors (Lipinski definition) is 5. The second-order valence-electron chi connectivity index (χ2n) is 2.71. The number of aromatic nitrogens is 2. The number of rotatable bonds is 3. The maximum Gasteiger partial charge on any atom is 0.408 e. The minimum absolute atomic E-state index is 0.0658. The van der Waals surface area contributed by atoms with E-state index in [0.717, 1.165) is 4.68 Å². The highest BCUT2D eigenvalue weighted by molar-refractivity contribution is 6.33. The molecule has 0 bridgehead atoms. The molecule has 82 valence electrons. The van der Waals surface area contributed by atoms with Crippen molar-refractivity contribution in [3.63, 3.8) is 0 Å². The van der Waals surface area contributed by atoms with E-state index < -0.39 is 16.7 Å². The van der Waals surface area contributed by atoms with Crippen molar-refractivity contribution in [3.8, 4) is 0 Å². The fourth-order valence-corrected chi connectivity index (χ4v) is 1.17. The molecule has 15 heavy (non-hydrogen) atoms. The average molecular weight is 234 g/mol. The molecule has 8 heteroatoms. The molecule has 0 aromatic carbocycles. The van der Waals surface area contributed by atoms with Gasteiger partial charge in [0.2, 0.25) is 0 Å². The largest absolute Gasteiger partial charge is 0.468 e. The van der Waals surface area contributed by atoms with Crippen LogP contribution in [-0.4, -0.2) is 27.8 Å². The summed E-state index contributed by atoms with van der Waals surface area (Å²) in [4.78, 5) is 20.7. The number of halogens is 1. The highest BCUT2D eigenvalue weighted by atomic mass is 35.5. The van der Waals surface area contributed by atoms with Crippen LogP contribution in [0.1, 0.15) is 5.69 Å². The van der Waals surface area contributed by atoms with Crippen molar-refractivity contribution < 1.29 is 14.5 Å². The molecular weight excluding hydrogens is 226 g/mol. The molecule has 0 spiro atoms. The maximum absolute atomic E-state index is 10.9. The predicted octanol–water partition coefficient (Wildman–Crippen LogP) is 0.926. The summed E-state index contributed by atoms with van der Waals surface area (Å²) in [6.07, 6.45) is 0. The van der Waals surface area contributed by atoms with E-state index in [1.165, 1.54) is 14.0 Å². The van der Waals surface area contributed by atoms with Crippen LogP contribution in [0.4, 0.5) is 5.82 Å². The summed E-state index contributed by atoms with van der Waals surface area (Å²) in [6.45, 7) is 1.33. The lowest BCUT2D eigenvalue weighted by molar-refractivity contribution is -0.389. The minimum Gasteiger partial charge on any atom is -0.468 e. The van der Waals surface area contributed by atoms with Crippen molar-refractivity contribution in [1.29, 1.82) is 0 Å². The zero-order chi connectivity index (χ0) is 11.6. The summed E-state index contributed by atoms with van der Waals surface area (Å²) in [5.74, 6) is -1.01. The Morgan fingerprint density at radius 2 is 2.33 bits per heavy atom. The third-order valence-corrected chi connectivity index (χ3v) is 2.24. The van der Waals surface area contributed by atoms with E-state index in [9.17, 15) is 14.9 Å². The molecule has 1 rings (SSSR count). The lowest BCUT2D eigenvalue weighted by Gasteiger charge is -1.97. The van der Waals surface area contributed by atoms with Gasteiger partial charge in [-0.05, 0) is 11.8 Å². The van der Waals surface area contributed by atoms with Crippen LogP contribution in [0.15, 0.2) is 0 Å². The van der Waals surface area contributed by atoms with Crippen molar-refractivity contribution in [2.45, 2.75) is 13.5 Å². The summed E-state index contributed by atoms with van der Waals surface area (Å²) in [5, 5.41) is 14.0. The highest BCUT2D eigenvalue weighted by Gasteiger charge is 2.24. The van der Waals surface area contributed by atoms with Crippen LogP contribution in [0.3, 0.4) is 0 Å². The molecule has 0 atom stereocenters. The Labute approximate surface area is 89.7 Å². The second kappa shape index (κ2) is 4.26. The SMILES string of the molecule is COC(=O)Cn1nc([N+](=O)[O-])c(Cl)c1C. The van der Waals surface area contributed by atoms with Crippen LogP contribution < -0.4 is 0 Å². The Morgan fingerprint density at radius 1 is 1.73 bits per heavy atom. The summed E-state index contributed by atoms with van der Waals surface area (Å²) in [7, 11) is 1.22. The highest BCUT2D eigenvalue weighted by Crippen LogP contribution is 2.26. The van der Waals surface area contributed by atoms with E-state index in [0.29, 0.717) is 5.69 Å². The van der Waals surface area contributed by atoms with Gasteiger partial charge in [0.25, 0.3) is 0 Å². The van der Waals surface area contributed by atoms with Crippen LogP contribution in [0.5, 0.6) is 0 Å². The van der Waals surface area contributed by atoms with E-state index in [2.05, 4.69) is 9.84 Å². The normalized spacial score (nSPS) is 10.1. The molecule has 0 aliphatic heterocycles. The molecule has 7 nitrogen and oxygen atoms in total. The van der Waals surface area contributed by atoms with Gasteiger partial charge < -0.3 is 14.9 Å². The Hall–Kier alpha value is -1.63. The Kier molecular flexibility index (Phi) is 3.25. The fraction of sp³-hybridized carbons (Fsp3) is 0.429. The molecule has 0 aliphatic carbocycles. The van der Waals surface area contributed by atoms with Gasteiger partial charge in [-0.2, -0.15) is 4.68 Å². The molecule has 0 aliphatic rings. The number of methoxy groups -OCH3 is 1. The number of nitrogens with zero attached hydrogens (tertiary/aromatic N) is 3. The van der Waals surface area contributed by atoms with Gasteiger partial charge >= 0.3 is 11.8 Å². The molecule has 1 heterocycles. The van der Waals surface area contributed by atoms with Crippen molar-refractivity contribution >= 4 is 23.4 Å². The molecule has 1 aromatic rings. The molecule has 0 radical (unpaired) electrons. The first-order valence-corrected chi connectivity index (χ1v) is 4.29. The van der Waals surface area contributed by atoms with Crippen LogP contribution in [0.25, 0.3) is 0 Å². The number of carbonyl (C=O) groups is 1. The molecule has 0 saturated carbocycles. The lowest BCUT2D eigenvalue weighted by atomic mass is 10.4.